The number of hydrogen-bond acceptors (Lipinski definition) is 3. The topological polar surface area (TPSA) is 35.5 Å². The van der Waals surface area contributed by atoms with Crippen molar-refractivity contribution in [2.24, 2.45) is 0 Å². The van der Waals surface area contributed by atoms with E-state index < -0.39 is 0 Å². The minimum absolute atomic E-state index is 0.230. The molecule has 0 amide bonds. The van der Waals surface area contributed by atoms with Gasteiger partial charge in [0.1, 0.15) is 6.61 Å². The van der Waals surface area contributed by atoms with Gasteiger partial charge in [0.05, 0.1) is 12.2 Å². The molecule has 0 aliphatic rings. The van der Waals surface area contributed by atoms with E-state index in [0.717, 1.165) is 5.56 Å². The highest BCUT2D eigenvalue weighted by atomic mass is 16.5. The molecule has 3 heteroatoms. The van der Waals surface area contributed by atoms with E-state index in [1.807, 2.05) is 6.07 Å². The van der Waals surface area contributed by atoms with Crippen LogP contribution in [0.5, 0.6) is 0 Å². The van der Waals surface area contributed by atoms with Crippen LogP contribution in [0.3, 0.4) is 0 Å². The summed E-state index contributed by atoms with van der Waals surface area (Å²) in [6.07, 6.45) is 1.54. The third kappa shape index (κ3) is 3.56. The quantitative estimate of drug-likeness (QED) is 0.547. The zero-order valence-corrected chi connectivity index (χ0v) is 8.73. The van der Waals surface area contributed by atoms with Crippen LogP contribution in [0, 0.1) is 0 Å². The fourth-order valence-electron chi connectivity index (χ4n) is 1.17. The van der Waals surface area contributed by atoms with Crippen molar-refractivity contribution >= 4 is 5.97 Å². The molecule has 0 unspecified atom stereocenters. The Bertz CT molecular complexity index is 344. The first-order chi connectivity index (χ1) is 7.27. The standard InChI is InChI=1S/C12H14O3/c1-3-7-15-12(13)11-6-4-5-10(8-11)9-14-2/h3-6,8H,1,7,9H2,2H3. The molecule has 0 saturated heterocycles. The number of carbonyl (C=O) groups is 1. The minimum atomic E-state index is -0.340. The molecule has 0 atom stereocenters. The lowest BCUT2D eigenvalue weighted by Gasteiger charge is -2.04. The molecular formula is C12H14O3. The summed E-state index contributed by atoms with van der Waals surface area (Å²) < 4.78 is 9.89. The zero-order chi connectivity index (χ0) is 11.1. The summed E-state index contributed by atoms with van der Waals surface area (Å²) in [6.45, 7) is 4.19. The van der Waals surface area contributed by atoms with Gasteiger partial charge in [0.25, 0.3) is 0 Å². The number of carbonyl (C=O) groups excluding carboxylic acids is 1. The van der Waals surface area contributed by atoms with Crippen molar-refractivity contribution in [3.8, 4) is 0 Å². The maximum atomic E-state index is 11.4. The molecule has 1 aromatic carbocycles. The molecule has 0 fully saturated rings. The van der Waals surface area contributed by atoms with E-state index in [4.69, 9.17) is 9.47 Å². The van der Waals surface area contributed by atoms with Gasteiger partial charge in [0, 0.05) is 7.11 Å². The Morgan fingerprint density at radius 3 is 3.00 bits per heavy atom. The summed E-state index contributed by atoms with van der Waals surface area (Å²) in [5.41, 5.74) is 1.48. The summed E-state index contributed by atoms with van der Waals surface area (Å²) in [4.78, 5) is 11.4. The molecule has 0 aliphatic carbocycles. The van der Waals surface area contributed by atoms with Crippen LogP contribution in [0.15, 0.2) is 36.9 Å². The fraction of sp³-hybridized carbons (Fsp3) is 0.250. The predicted molar refractivity (Wildman–Crippen MR) is 57.6 cm³/mol. The minimum Gasteiger partial charge on any atom is -0.458 e. The first-order valence-electron chi connectivity index (χ1n) is 4.64. The number of methoxy groups -OCH3 is 1. The molecule has 0 heterocycles. The van der Waals surface area contributed by atoms with Gasteiger partial charge in [-0.25, -0.2) is 4.79 Å². The molecule has 80 valence electrons. The Morgan fingerprint density at radius 1 is 1.53 bits per heavy atom. The largest absolute Gasteiger partial charge is 0.458 e. The third-order valence-corrected chi connectivity index (χ3v) is 1.81. The van der Waals surface area contributed by atoms with E-state index in [2.05, 4.69) is 6.58 Å². The van der Waals surface area contributed by atoms with Crippen LogP contribution < -0.4 is 0 Å². The van der Waals surface area contributed by atoms with Crippen LogP contribution in [0.4, 0.5) is 0 Å². The fourth-order valence-corrected chi connectivity index (χ4v) is 1.17. The van der Waals surface area contributed by atoms with Crippen molar-refractivity contribution in [2.45, 2.75) is 6.61 Å². The van der Waals surface area contributed by atoms with E-state index in [0.29, 0.717) is 12.2 Å². The van der Waals surface area contributed by atoms with E-state index in [1.54, 1.807) is 25.3 Å². The summed E-state index contributed by atoms with van der Waals surface area (Å²) in [7, 11) is 1.61. The second kappa shape index (κ2) is 5.98. The van der Waals surface area contributed by atoms with Gasteiger partial charge in [-0.2, -0.15) is 0 Å². The summed E-state index contributed by atoms with van der Waals surface area (Å²) in [6, 6.07) is 7.17. The summed E-state index contributed by atoms with van der Waals surface area (Å²) >= 11 is 0. The van der Waals surface area contributed by atoms with Crippen molar-refractivity contribution in [1.82, 2.24) is 0 Å². The number of benzene rings is 1. The molecule has 0 spiro atoms. The molecule has 0 radical (unpaired) electrons. The Kier molecular flexibility index (Phi) is 4.57. The molecule has 0 bridgehead atoms. The molecule has 1 aromatic rings. The number of ether oxygens (including phenoxy) is 2. The van der Waals surface area contributed by atoms with Crippen LogP contribution >= 0.6 is 0 Å². The smallest absolute Gasteiger partial charge is 0.338 e. The van der Waals surface area contributed by atoms with E-state index >= 15 is 0 Å². The van der Waals surface area contributed by atoms with Crippen molar-refractivity contribution < 1.29 is 14.3 Å². The number of hydrogen-bond donors (Lipinski definition) is 0. The van der Waals surface area contributed by atoms with Crippen molar-refractivity contribution in [3.63, 3.8) is 0 Å². The highest BCUT2D eigenvalue weighted by Crippen LogP contribution is 2.07. The van der Waals surface area contributed by atoms with Gasteiger partial charge in [-0.05, 0) is 17.7 Å². The Balaban J connectivity index is 2.71. The van der Waals surface area contributed by atoms with Gasteiger partial charge in [-0.3, -0.25) is 0 Å². The van der Waals surface area contributed by atoms with Gasteiger partial charge in [-0.1, -0.05) is 24.8 Å². The summed E-state index contributed by atoms with van der Waals surface area (Å²) in [5, 5.41) is 0. The molecular weight excluding hydrogens is 192 g/mol. The molecule has 0 saturated carbocycles. The zero-order valence-electron chi connectivity index (χ0n) is 8.73. The van der Waals surface area contributed by atoms with Gasteiger partial charge >= 0.3 is 5.97 Å². The second-order valence-electron chi connectivity index (χ2n) is 3.02. The maximum absolute atomic E-state index is 11.4. The molecule has 0 N–H and O–H groups in total. The SMILES string of the molecule is C=CCOC(=O)c1cccc(COC)c1. The molecule has 0 aliphatic heterocycles. The van der Waals surface area contributed by atoms with Crippen LogP contribution in [-0.4, -0.2) is 19.7 Å². The average molecular weight is 206 g/mol. The average Bonchev–Trinajstić information content (AvgIpc) is 2.27. The van der Waals surface area contributed by atoms with Crippen LogP contribution in [0.25, 0.3) is 0 Å². The van der Waals surface area contributed by atoms with Crippen LogP contribution in [0.2, 0.25) is 0 Å². The lowest BCUT2D eigenvalue weighted by molar-refractivity contribution is 0.0549. The molecule has 15 heavy (non-hydrogen) atoms. The lowest BCUT2D eigenvalue weighted by Crippen LogP contribution is -2.05. The normalized spacial score (nSPS) is 9.67. The first kappa shape index (κ1) is 11.5. The van der Waals surface area contributed by atoms with Gasteiger partial charge in [0.15, 0.2) is 0 Å². The highest BCUT2D eigenvalue weighted by Gasteiger charge is 2.06. The first-order valence-corrected chi connectivity index (χ1v) is 4.64. The second-order valence-corrected chi connectivity index (χ2v) is 3.02. The van der Waals surface area contributed by atoms with Crippen LogP contribution in [0.1, 0.15) is 15.9 Å². The van der Waals surface area contributed by atoms with Gasteiger partial charge < -0.3 is 9.47 Å². The molecule has 0 aromatic heterocycles. The molecule has 3 nitrogen and oxygen atoms in total. The number of rotatable bonds is 5. The Morgan fingerprint density at radius 2 is 2.33 bits per heavy atom. The van der Waals surface area contributed by atoms with Gasteiger partial charge in [-0.15, -0.1) is 0 Å². The van der Waals surface area contributed by atoms with Crippen molar-refractivity contribution in [3.05, 3.63) is 48.0 Å². The maximum Gasteiger partial charge on any atom is 0.338 e. The Hall–Kier alpha value is -1.61. The van der Waals surface area contributed by atoms with Crippen molar-refractivity contribution in [2.75, 3.05) is 13.7 Å². The summed E-state index contributed by atoms with van der Waals surface area (Å²) in [5.74, 6) is -0.340. The lowest BCUT2D eigenvalue weighted by atomic mass is 10.1. The monoisotopic (exact) mass is 206 g/mol. The van der Waals surface area contributed by atoms with Crippen molar-refractivity contribution in [1.29, 1.82) is 0 Å². The van der Waals surface area contributed by atoms with E-state index in [9.17, 15) is 4.79 Å². The van der Waals surface area contributed by atoms with E-state index in [1.165, 1.54) is 6.08 Å². The predicted octanol–water partition coefficient (Wildman–Crippen LogP) is 2.18. The molecule has 1 rings (SSSR count). The highest BCUT2D eigenvalue weighted by molar-refractivity contribution is 5.89. The van der Waals surface area contributed by atoms with Gasteiger partial charge in [0.2, 0.25) is 0 Å². The third-order valence-electron chi connectivity index (χ3n) is 1.81. The Labute approximate surface area is 89.3 Å². The number of esters is 1. The van der Waals surface area contributed by atoms with E-state index in [-0.39, 0.29) is 12.6 Å². The van der Waals surface area contributed by atoms with Crippen LogP contribution in [-0.2, 0) is 16.1 Å².